The lowest BCUT2D eigenvalue weighted by Gasteiger charge is -2.17. The third kappa shape index (κ3) is 3.19. The van der Waals surface area contributed by atoms with Crippen LogP contribution in [0.4, 0.5) is 0 Å². The summed E-state index contributed by atoms with van der Waals surface area (Å²) in [7, 11) is 0. The van der Waals surface area contributed by atoms with Crippen LogP contribution in [0, 0.1) is 0 Å². The number of fused-ring (bicyclic) bond motifs is 3. The van der Waals surface area contributed by atoms with E-state index in [2.05, 4.69) is 152 Å². The fraction of sp³-hybridized carbons (Fsp3) is 0. The molecule has 0 amide bonds. The van der Waals surface area contributed by atoms with Crippen LogP contribution in [0.15, 0.2) is 124 Å². The topological polar surface area (TPSA) is 4.93 Å². The Labute approximate surface area is 220 Å². The molecular formula is C32H19Br2N. The van der Waals surface area contributed by atoms with Crippen LogP contribution in [0.3, 0.4) is 0 Å². The molecule has 35 heavy (non-hydrogen) atoms. The van der Waals surface area contributed by atoms with Crippen LogP contribution in [-0.4, -0.2) is 4.57 Å². The van der Waals surface area contributed by atoms with Crippen molar-refractivity contribution in [2.75, 3.05) is 0 Å². The minimum atomic E-state index is 1.08. The van der Waals surface area contributed by atoms with Crippen LogP contribution in [-0.2, 0) is 0 Å². The van der Waals surface area contributed by atoms with Crippen molar-refractivity contribution in [3.63, 3.8) is 0 Å². The summed E-state index contributed by atoms with van der Waals surface area (Å²) in [6.45, 7) is 0. The molecule has 0 N–H and O–H groups in total. The van der Waals surface area contributed by atoms with E-state index < -0.39 is 0 Å². The van der Waals surface area contributed by atoms with E-state index in [1.807, 2.05) is 0 Å². The number of hydrogen-bond acceptors (Lipinski definition) is 0. The predicted molar refractivity (Wildman–Crippen MR) is 154 cm³/mol. The van der Waals surface area contributed by atoms with Crippen LogP contribution in [0.5, 0.6) is 0 Å². The van der Waals surface area contributed by atoms with Gasteiger partial charge in [0.25, 0.3) is 0 Å². The fourth-order valence-corrected chi connectivity index (χ4v) is 5.98. The van der Waals surface area contributed by atoms with Gasteiger partial charge >= 0.3 is 0 Å². The minimum Gasteiger partial charge on any atom is -0.308 e. The molecule has 0 unspecified atom stereocenters. The second kappa shape index (κ2) is 8.08. The lowest BCUT2D eigenvalue weighted by Crippen LogP contribution is -2.01. The monoisotopic (exact) mass is 575 g/mol. The third-order valence-corrected chi connectivity index (χ3v) is 7.92. The van der Waals surface area contributed by atoms with Gasteiger partial charge in [0.2, 0.25) is 0 Å². The van der Waals surface area contributed by atoms with Crippen molar-refractivity contribution in [2.45, 2.75) is 0 Å². The lowest BCUT2D eigenvalue weighted by atomic mass is 9.99. The highest BCUT2D eigenvalue weighted by Gasteiger charge is 2.33. The average molecular weight is 577 g/mol. The van der Waals surface area contributed by atoms with E-state index in [0.717, 1.165) is 14.6 Å². The molecule has 0 fully saturated rings. The molecule has 166 valence electrons. The van der Waals surface area contributed by atoms with E-state index in [1.54, 1.807) is 0 Å². The summed E-state index contributed by atoms with van der Waals surface area (Å²) in [5, 5.41) is 2.63. The molecule has 5 aromatic carbocycles. The van der Waals surface area contributed by atoms with Gasteiger partial charge in [0.15, 0.2) is 0 Å². The van der Waals surface area contributed by atoms with Crippen molar-refractivity contribution in [3.05, 3.63) is 124 Å². The summed E-state index contributed by atoms with van der Waals surface area (Å²) in [6, 6.07) is 41.5. The van der Waals surface area contributed by atoms with Gasteiger partial charge < -0.3 is 4.57 Å². The van der Waals surface area contributed by atoms with Crippen LogP contribution in [0.25, 0.3) is 61.2 Å². The Hall–Kier alpha value is -3.40. The lowest BCUT2D eigenvalue weighted by molar-refractivity contribution is 1.10. The van der Waals surface area contributed by atoms with E-state index in [4.69, 9.17) is 0 Å². The Morgan fingerprint density at radius 1 is 0.457 bits per heavy atom. The highest BCUT2D eigenvalue weighted by atomic mass is 79.9. The summed E-state index contributed by atoms with van der Waals surface area (Å²) in [4.78, 5) is 0. The zero-order chi connectivity index (χ0) is 23.5. The van der Waals surface area contributed by atoms with Crippen LogP contribution < -0.4 is 0 Å². The highest BCUT2D eigenvalue weighted by molar-refractivity contribution is 9.10. The van der Waals surface area contributed by atoms with Gasteiger partial charge in [-0.3, -0.25) is 0 Å². The molecule has 0 saturated heterocycles. The second-order valence-corrected chi connectivity index (χ2v) is 10.7. The van der Waals surface area contributed by atoms with Gasteiger partial charge in [-0.2, -0.15) is 0 Å². The van der Waals surface area contributed by atoms with E-state index in [9.17, 15) is 0 Å². The van der Waals surface area contributed by atoms with Gasteiger partial charge in [0, 0.05) is 25.8 Å². The van der Waals surface area contributed by atoms with Gasteiger partial charge in [0.1, 0.15) is 0 Å². The largest absolute Gasteiger partial charge is 0.308 e. The quantitative estimate of drug-likeness (QED) is 0.197. The molecule has 1 nitrogen and oxygen atoms in total. The van der Waals surface area contributed by atoms with Crippen molar-refractivity contribution in [2.24, 2.45) is 0 Å². The Kier molecular flexibility index (Phi) is 4.83. The zero-order valence-electron chi connectivity index (χ0n) is 18.7. The molecule has 1 aliphatic carbocycles. The molecule has 6 aromatic rings. The average Bonchev–Trinajstić information content (AvgIpc) is 3.41. The van der Waals surface area contributed by atoms with Crippen LogP contribution in [0.1, 0.15) is 0 Å². The molecule has 0 bridgehead atoms. The first kappa shape index (κ1) is 20.9. The summed E-state index contributed by atoms with van der Waals surface area (Å²) < 4.78 is 4.61. The predicted octanol–water partition coefficient (Wildman–Crippen LogP) is 10.1. The Morgan fingerprint density at radius 3 is 1.43 bits per heavy atom. The van der Waals surface area contributed by atoms with E-state index >= 15 is 0 Å². The normalized spacial score (nSPS) is 11.7. The molecule has 3 heteroatoms. The number of halogens is 2. The van der Waals surface area contributed by atoms with E-state index in [0.29, 0.717) is 0 Å². The van der Waals surface area contributed by atoms with Crippen LogP contribution >= 0.6 is 31.9 Å². The molecule has 1 aliphatic rings. The number of nitrogens with zero attached hydrogens (tertiary/aromatic N) is 1. The molecule has 7 rings (SSSR count). The van der Waals surface area contributed by atoms with Crippen molar-refractivity contribution in [3.8, 4) is 50.5 Å². The maximum Gasteiger partial charge on any atom is 0.0620 e. The van der Waals surface area contributed by atoms with Crippen molar-refractivity contribution >= 4 is 42.6 Å². The maximum absolute atomic E-state index is 3.63. The first-order valence-corrected chi connectivity index (χ1v) is 13.2. The highest BCUT2D eigenvalue weighted by Crippen LogP contribution is 2.57. The number of benzene rings is 5. The van der Waals surface area contributed by atoms with Crippen molar-refractivity contribution in [1.29, 1.82) is 0 Å². The first-order valence-electron chi connectivity index (χ1n) is 11.6. The maximum atomic E-state index is 3.63. The molecule has 1 heterocycles. The van der Waals surface area contributed by atoms with Crippen LogP contribution in [0.2, 0.25) is 0 Å². The number of hydrogen-bond donors (Lipinski definition) is 0. The molecule has 0 saturated carbocycles. The molecule has 1 aromatic heterocycles. The minimum absolute atomic E-state index is 1.08. The summed E-state index contributed by atoms with van der Waals surface area (Å²) in [6.07, 6.45) is 0. The molecule has 0 radical (unpaired) electrons. The molecule has 0 aliphatic heterocycles. The number of aromatic nitrogens is 1. The van der Waals surface area contributed by atoms with Gasteiger partial charge in [-0.15, -0.1) is 0 Å². The molecule has 0 atom stereocenters. The first-order chi connectivity index (χ1) is 17.2. The standard InChI is InChI=1S/C32H19Br2N/c33-23-16-12-21(13-17-23)31-29-26-10-4-6-20-7-5-11-27(28(20)26)30(29)32(22-14-18-24(34)19-15-22)35(31)25-8-2-1-3-9-25/h1-19H. The smallest absolute Gasteiger partial charge is 0.0620 e. The molecular weight excluding hydrogens is 558 g/mol. The Bertz CT molecular complexity index is 1620. The number of para-hydroxylation sites is 1. The summed E-state index contributed by atoms with van der Waals surface area (Å²) in [5.74, 6) is 0. The van der Waals surface area contributed by atoms with E-state index in [1.165, 1.54) is 55.5 Å². The third-order valence-electron chi connectivity index (χ3n) is 6.86. The van der Waals surface area contributed by atoms with Gasteiger partial charge in [-0.25, -0.2) is 0 Å². The summed E-state index contributed by atoms with van der Waals surface area (Å²) >= 11 is 7.26. The van der Waals surface area contributed by atoms with Gasteiger partial charge in [0.05, 0.1) is 11.4 Å². The van der Waals surface area contributed by atoms with Crippen molar-refractivity contribution in [1.82, 2.24) is 4.57 Å². The van der Waals surface area contributed by atoms with Gasteiger partial charge in [-0.1, -0.05) is 111 Å². The Morgan fingerprint density at radius 2 is 0.943 bits per heavy atom. The fourth-order valence-electron chi connectivity index (χ4n) is 5.45. The SMILES string of the molecule is Brc1ccc(-c2c3c(c(-c4ccc(Br)cc4)n2-c2ccccc2)-c2cccc4cccc-3c24)cc1. The molecule has 0 spiro atoms. The second-order valence-electron chi connectivity index (χ2n) is 8.84. The summed E-state index contributed by atoms with van der Waals surface area (Å²) in [5.41, 5.74) is 11.2. The zero-order valence-corrected chi connectivity index (χ0v) is 21.8. The van der Waals surface area contributed by atoms with E-state index in [-0.39, 0.29) is 0 Å². The Balaban J connectivity index is 1.70. The van der Waals surface area contributed by atoms with Crippen molar-refractivity contribution < 1.29 is 0 Å². The van der Waals surface area contributed by atoms with Gasteiger partial charge in [-0.05, 0) is 69.4 Å². The number of rotatable bonds is 3.